The van der Waals surface area contributed by atoms with Crippen LogP contribution in [0.3, 0.4) is 0 Å². The summed E-state index contributed by atoms with van der Waals surface area (Å²) in [5, 5.41) is 2.87. The first-order valence-corrected chi connectivity index (χ1v) is 5.56. The Labute approximate surface area is 108 Å². The third kappa shape index (κ3) is 2.78. The third-order valence-electron chi connectivity index (χ3n) is 2.35. The van der Waals surface area contributed by atoms with Gasteiger partial charge in [0.15, 0.2) is 0 Å². The number of rotatable bonds is 2. The fourth-order valence-electron chi connectivity index (χ4n) is 1.44. The number of anilines is 2. The standard InChI is InChI=1S/C13H10ClFN2O/c14-11-6-8(4-5-12(11)16)13(18)17-10-3-1-2-9(15)7-10/h1-7H,16H2,(H,17,18). The van der Waals surface area contributed by atoms with Crippen molar-refractivity contribution in [3.8, 4) is 0 Å². The fourth-order valence-corrected chi connectivity index (χ4v) is 1.62. The van der Waals surface area contributed by atoms with Gasteiger partial charge in [-0.3, -0.25) is 4.79 Å². The lowest BCUT2D eigenvalue weighted by molar-refractivity contribution is 0.102. The van der Waals surface area contributed by atoms with Crippen molar-refractivity contribution in [3.05, 3.63) is 58.9 Å². The zero-order valence-corrected chi connectivity index (χ0v) is 10.0. The predicted molar refractivity (Wildman–Crippen MR) is 70.2 cm³/mol. The van der Waals surface area contributed by atoms with Crippen molar-refractivity contribution >= 4 is 28.9 Å². The van der Waals surface area contributed by atoms with Crippen LogP contribution in [0, 0.1) is 5.82 Å². The van der Waals surface area contributed by atoms with E-state index in [1.807, 2.05) is 0 Å². The average molecular weight is 265 g/mol. The molecule has 3 N–H and O–H groups in total. The highest BCUT2D eigenvalue weighted by molar-refractivity contribution is 6.33. The van der Waals surface area contributed by atoms with Crippen LogP contribution in [0.4, 0.5) is 15.8 Å². The Bertz CT molecular complexity index is 601. The second-order valence-electron chi connectivity index (χ2n) is 3.70. The first kappa shape index (κ1) is 12.4. The Morgan fingerprint density at radius 2 is 2.00 bits per heavy atom. The van der Waals surface area contributed by atoms with Crippen LogP contribution in [0.1, 0.15) is 10.4 Å². The summed E-state index contributed by atoms with van der Waals surface area (Å²) >= 11 is 5.82. The second-order valence-corrected chi connectivity index (χ2v) is 4.11. The maximum absolute atomic E-state index is 12.9. The van der Waals surface area contributed by atoms with Gasteiger partial charge < -0.3 is 11.1 Å². The molecule has 0 radical (unpaired) electrons. The van der Waals surface area contributed by atoms with Crippen molar-refractivity contribution in [2.24, 2.45) is 0 Å². The maximum atomic E-state index is 12.9. The summed E-state index contributed by atoms with van der Waals surface area (Å²) in [5.74, 6) is -0.786. The molecule has 0 fully saturated rings. The van der Waals surface area contributed by atoms with E-state index in [0.717, 1.165) is 0 Å². The van der Waals surface area contributed by atoms with Crippen molar-refractivity contribution in [2.45, 2.75) is 0 Å². The molecule has 0 heterocycles. The first-order valence-electron chi connectivity index (χ1n) is 5.18. The van der Waals surface area contributed by atoms with Gasteiger partial charge in [0.05, 0.1) is 10.7 Å². The summed E-state index contributed by atoms with van der Waals surface area (Å²) in [7, 11) is 0. The van der Waals surface area contributed by atoms with E-state index in [0.29, 0.717) is 22.0 Å². The van der Waals surface area contributed by atoms with E-state index in [-0.39, 0.29) is 5.91 Å². The van der Waals surface area contributed by atoms with Gasteiger partial charge in [-0.2, -0.15) is 0 Å². The molecule has 0 aliphatic heterocycles. The summed E-state index contributed by atoms with van der Waals surface area (Å²) < 4.78 is 12.9. The van der Waals surface area contributed by atoms with E-state index in [2.05, 4.69) is 5.32 Å². The minimum absolute atomic E-state index is 0.307. The molecule has 0 atom stereocenters. The topological polar surface area (TPSA) is 55.1 Å². The van der Waals surface area contributed by atoms with Gasteiger partial charge in [0.25, 0.3) is 5.91 Å². The van der Waals surface area contributed by atoms with Gasteiger partial charge in [0.2, 0.25) is 0 Å². The van der Waals surface area contributed by atoms with Crippen molar-refractivity contribution in [2.75, 3.05) is 11.1 Å². The molecule has 0 aliphatic rings. The minimum Gasteiger partial charge on any atom is -0.398 e. The van der Waals surface area contributed by atoms with Crippen molar-refractivity contribution in [3.63, 3.8) is 0 Å². The third-order valence-corrected chi connectivity index (χ3v) is 2.67. The van der Waals surface area contributed by atoms with Gasteiger partial charge in [-0.05, 0) is 36.4 Å². The van der Waals surface area contributed by atoms with Crippen molar-refractivity contribution in [1.82, 2.24) is 0 Å². The normalized spacial score (nSPS) is 10.1. The van der Waals surface area contributed by atoms with Crippen molar-refractivity contribution in [1.29, 1.82) is 0 Å². The van der Waals surface area contributed by atoms with Gasteiger partial charge >= 0.3 is 0 Å². The van der Waals surface area contributed by atoms with Crippen LogP contribution in [0.15, 0.2) is 42.5 Å². The Morgan fingerprint density at radius 1 is 1.22 bits per heavy atom. The van der Waals surface area contributed by atoms with Gasteiger partial charge in [-0.1, -0.05) is 17.7 Å². The van der Waals surface area contributed by atoms with E-state index in [1.54, 1.807) is 18.2 Å². The second kappa shape index (κ2) is 5.06. The number of halogens is 2. The van der Waals surface area contributed by atoms with E-state index in [1.165, 1.54) is 24.3 Å². The Morgan fingerprint density at radius 3 is 2.67 bits per heavy atom. The number of hydrogen-bond donors (Lipinski definition) is 2. The van der Waals surface area contributed by atoms with Gasteiger partial charge in [0.1, 0.15) is 5.82 Å². The molecule has 92 valence electrons. The molecule has 0 bridgehead atoms. The molecule has 3 nitrogen and oxygen atoms in total. The van der Waals surface area contributed by atoms with E-state index in [4.69, 9.17) is 17.3 Å². The zero-order chi connectivity index (χ0) is 13.1. The quantitative estimate of drug-likeness (QED) is 0.818. The number of nitrogens with two attached hydrogens (primary N) is 1. The van der Waals surface area contributed by atoms with Crippen LogP contribution in [0.5, 0.6) is 0 Å². The van der Waals surface area contributed by atoms with Gasteiger partial charge in [-0.15, -0.1) is 0 Å². The van der Waals surface area contributed by atoms with Crippen molar-refractivity contribution < 1.29 is 9.18 Å². The molecule has 0 saturated heterocycles. The molecule has 0 saturated carbocycles. The van der Waals surface area contributed by atoms with Crippen LogP contribution in [0.25, 0.3) is 0 Å². The summed E-state index contributed by atoms with van der Waals surface area (Å²) in [6.07, 6.45) is 0. The summed E-state index contributed by atoms with van der Waals surface area (Å²) in [6.45, 7) is 0. The number of carbonyl (C=O) groups excluding carboxylic acids is 1. The molecule has 0 aromatic heterocycles. The van der Waals surface area contributed by atoms with Gasteiger partial charge in [-0.25, -0.2) is 4.39 Å². The Kier molecular flexibility index (Phi) is 3.48. The smallest absolute Gasteiger partial charge is 0.255 e. The molecule has 0 unspecified atom stereocenters. The van der Waals surface area contributed by atoms with E-state index < -0.39 is 5.82 Å². The number of hydrogen-bond acceptors (Lipinski definition) is 2. The van der Waals surface area contributed by atoms with Crippen LogP contribution in [-0.2, 0) is 0 Å². The molecule has 18 heavy (non-hydrogen) atoms. The first-order chi connectivity index (χ1) is 8.56. The monoisotopic (exact) mass is 264 g/mol. The molecule has 1 amide bonds. The predicted octanol–water partition coefficient (Wildman–Crippen LogP) is 3.31. The molecular weight excluding hydrogens is 255 g/mol. The lowest BCUT2D eigenvalue weighted by atomic mass is 10.2. The van der Waals surface area contributed by atoms with Crippen LogP contribution in [-0.4, -0.2) is 5.91 Å². The van der Waals surface area contributed by atoms with Crippen LogP contribution >= 0.6 is 11.6 Å². The largest absolute Gasteiger partial charge is 0.398 e. The number of nitrogens with one attached hydrogen (secondary N) is 1. The average Bonchev–Trinajstić information content (AvgIpc) is 2.32. The highest BCUT2D eigenvalue weighted by Gasteiger charge is 2.08. The lowest BCUT2D eigenvalue weighted by Gasteiger charge is -2.06. The molecule has 2 aromatic carbocycles. The molecule has 2 aromatic rings. The minimum atomic E-state index is -0.414. The molecule has 2 rings (SSSR count). The summed E-state index contributed by atoms with van der Waals surface area (Å²) in [5.41, 5.74) is 6.69. The fraction of sp³-hybridized carbons (Fsp3) is 0. The highest BCUT2D eigenvalue weighted by atomic mass is 35.5. The number of nitrogen functional groups attached to an aromatic ring is 1. The molecule has 0 aliphatic carbocycles. The van der Waals surface area contributed by atoms with Crippen LogP contribution in [0.2, 0.25) is 5.02 Å². The highest BCUT2D eigenvalue weighted by Crippen LogP contribution is 2.20. The van der Waals surface area contributed by atoms with Crippen LogP contribution < -0.4 is 11.1 Å². The zero-order valence-electron chi connectivity index (χ0n) is 9.28. The van der Waals surface area contributed by atoms with Gasteiger partial charge in [0, 0.05) is 11.3 Å². The maximum Gasteiger partial charge on any atom is 0.255 e. The van der Waals surface area contributed by atoms with E-state index in [9.17, 15) is 9.18 Å². The number of amides is 1. The molecule has 5 heteroatoms. The number of carbonyl (C=O) groups is 1. The number of benzene rings is 2. The Hall–Kier alpha value is -2.07. The lowest BCUT2D eigenvalue weighted by Crippen LogP contribution is -2.12. The summed E-state index contributed by atoms with van der Waals surface area (Å²) in [6, 6.07) is 10.2. The molecular formula is C13H10ClFN2O. The Balaban J connectivity index is 2.19. The molecule has 0 spiro atoms. The SMILES string of the molecule is Nc1ccc(C(=O)Nc2cccc(F)c2)cc1Cl. The summed E-state index contributed by atoms with van der Waals surface area (Å²) in [4.78, 5) is 11.9. The van der Waals surface area contributed by atoms with E-state index >= 15 is 0 Å².